The van der Waals surface area contributed by atoms with Gasteiger partial charge in [0.1, 0.15) is 0 Å². The summed E-state index contributed by atoms with van der Waals surface area (Å²) in [6.45, 7) is 7.05. The molecule has 1 atom stereocenters. The summed E-state index contributed by atoms with van der Waals surface area (Å²) in [4.78, 5) is 19.3. The van der Waals surface area contributed by atoms with Gasteiger partial charge in [-0.15, -0.1) is 11.3 Å². The lowest BCUT2D eigenvalue weighted by Crippen LogP contribution is -2.38. The van der Waals surface area contributed by atoms with Crippen LogP contribution in [0.15, 0.2) is 5.51 Å². The van der Waals surface area contributed by atoms with Gasteiger partial charge in [0.15, 0.2) is 0 Å². The normalized spacial score (nSPS) is 12.8. The van der Waals surface area contributed by atoms with Crippen molar-refractivity contribution in [3.63, 3.8) is 0 Å². The molecule has 0 aliphatic heterocycles. The Kier molecular flexibility index (Phi) is 5.08. The maximum atomic E-state index is 12.2. The summed E-state index contributed by atoms with van der Waals surface area (Å²) in [5.41, 5.74) is 8.47. The monoisotopic (exact) mass is 255 g/mol. The van der Waals surface area contributed by atoms with Gasteiger partial charge in [-0.25, -0.2) is 4.98 Å². The van der Waals surface area contributed by atoms with Gasteiger partial charge in [-0.2, -0.15) is 0 Å². The second-order valence-corrected chi connectivity index (χ2v) is 5.58. The number of carbonyl (C=O) groups is 1. The third-order valence-corrected chi connectivity index (χ3v) is 3.90. The lowest BCUT2D eigenvalue weighted by Gasteiger charge is -2.25. The first-order valence-corrected chi connectivity index (χ1v) is 6.69. The summed E-state index contributed by atoms with van der Waals surface area (Å²) in [5.74, 6) is 0.307. The largest absolute Gasteiger partial charge is 0.340 e. The number of rotatable bonds is 5. The third-order valence-electron chi connectivity index (χ3n) is 2.98. The van der Waals surface area contributed by atoms with Crippen molar-refractivity contribution in [1.29, 1.82) is 0 Å². The van der Waals surface area contributed by atoms with Crippen molar-refractivity contribution < 1.29 is 4.79 Å². The molecular formula is C12H21N3OS. The Balaban J connectivity index is 2.67. The molecule has 0 saturated heterocycles. The van der Waals surface area contributed by atoms with Crippen LogP contribution >= 0.6 is 11.3 Å². The predicted octanol–water partition coefficient (Wildman–Crippen LogP) is 1.64. The molecule has 1 amide bonds. The summed E-state index contributed by atoms with van der Waals surface area (Å²) in [6.07, 6.45) is 0. The molecule has 1 unspecified atom stereocenters. The van der Waals surface area contributed by atoms with Crippen LogP contribution in [0.4, 0.5) is 0 Å². The Hall–Kier alpha value is -0.940. The van der Waals surface area contributed by atoms with Crippen LogP contribution in [-0.4, -0.2) is 29.4 Å². The lowest BCUT2D eigenvalue weighted by atomic mass is 9.94. The minimum atomic E-state index is -0.0896. The zero-order chi connectivity index (χ0) is 13.0. The number of nitrogens with zero attached hydrogens (tertiary/aromatic N) is 2. The van der Waals surface area contributed by atoms with Crippen molar-refractivity contribution in [3.05, 3.63) is 16.1 Å². The Morgan fingerprint density at radius 2 is 2.24 bits per heavy atom. The van der Waals surface area contributed by atoms with E-state index in [4.69, 9.17) is 5.73 Å². The van der Waals surface area contributed by atoms with E-state index in [9.17, 15) is 4.79 Å². The highest BCUT2D eigenvalue weighted by Gasteiger charge is 2.24. The molecule has 17 heavy (non-hydrogen) atoms. The first-order chi connectivity index (χ1) is 7.97. The number of amides is 1. The zero-order valence-electron chi connectivity index (χ0n) is 10.9. The van der Waals surface area contributed by atoms with Gasteiger partial charge in [-0.3, -0.25) is 4.79 Å². The molecule has 96 valence electrons. The minimum Gasteiger partial charge on any atom is -0.340 e. The minimum absolute atomic E-state index is 0.0896. The lowest BCUT2D eigenvalue weighted by molar-refractivity contribution is -0.135. The molecule has 0 aliphatic carbocycles. The molecule has 0 bridgehead atoms. The SMILES string of the molecule is Cc1ncsc1CN(C)C(=O)C(CN)C(C)C. The second-order valence-electron chi connectivity index (χ2n) is 4.64. The van der Waals surface area contributed by atoms with Crippen LogP contribution in [0.1, 0.15) is 24.4 Å². The third kappa shape index (κ3) is 3.51. The number of carbonyl (C=O) groups excluding carboxylic acids is 1. The van der Waals surface area contributed by atoms with E-state index in [0.717, 1.165) is 10.6 Å². The summed E-state index contributed by atoms with van der Waals surface area (Å²) >= 11 is 1.59. The highest BCUT2D eigenvalue weighted by atomic mass is 32.1. The van der Waals surface area contributed by atoms with Gasteiger partial charge in [-0.1, -0.05) is 13.8 Å². The van der Waals surface area contributed by atoms with E-state index in [-0.39, 0.29) is 17.7 Å². The van der Waals surface area contributed by atoms with Gasteiger partial charge in [0, 0.05) is 18.5 Å². The van der Waals surface area contributed by atoms with Crippen molar-refractivity contribution >= 4 is 17.2 Å². The number of thiazole rings is 1. The molecule has 0 aliphatic rings. The number of hydrogen-bond acceptors (Lipinski definition) is 4. The molecule has 5 heteroatoms. The summed E-state index contributed by atoms with van der Waals surface area (Å²) in [7, 11) is 1.83. The molecule has 1 heterocycles. The molecule has 0 aromatic carbocycles. The van der Waals surface area contributed by atoms with Crippen LogP contribution in [0.5, 0.6) is 0 Å². The average Bonchev–Trinajstić information content (AvgIpc) is 2.64. The van der Waals surface area contributed by atoms with Crippen LogP contribution in [0, 0.1) is 18.8 Å². The number of hydrogen-bond donors (Lipinski definition) is 1. The van der Waals surface area contributed by atoms with E-state index in [2.05, 4.69) is 4.98 Å². The maximum absolute atomic E-state index is 12.2. The van der Waals surface area contributed by atoms with Gasteiger partial charge in [0.2, 0.25) is 5.91 Å². The van der Waals surface area contributed by atoms with Crippen LogP contribution in [0.2, 0.25) is 0 Å². The molecule has 0 saturated carbocycles. The topological polar surface area (TPSA) is 59.2 Å². The fraction of sp³-hybridized carbons (Fsp3) is 0.667. The first-order valence-electron chi connectivity index (χ1n) is 5.81. The van der Waals surface area contributed by atoms with Crippen LogP contribution < -0.4 is 5.73 Å². The summed E-state index contributed by atoms with van der Waals surface area (Å²) in [6, 6.07) is 0. The van der Waals surface area contributed by atoms with Crippen LogP contribution in [0.25, 0.3) is 0 Å². The average molecular weight is 255 g/mol. The zero-order valence-corrected chi connectivity index (χ0v) is 11.8. The van der Waals surface area contributed by atoms with Gasteiger partial charge in [0.25, 0.3) is 0 Å². The molecule has 1 aromatic heterocycles. The first kappa shape index (κ1) is 14.1. The van der Waals surface area contributed by atoms with Crippen LogP contribution in [0.3, 0.4) is 0 Å². The van der Waals surface area contributed by atoms with Crippen molar-refractivity contribution in [3.8, 4) is 0 Å². The number of aryl methyl sites for hydroxylation is 1. The molecule has 0 fully saturated rings. The quantitative estimate of drug-likeness (QED) is 0.870. The number of nitrogens with two attached hydrogens (primary N) is 1. The maximum Gasteiger partial charge on any atom is 0.227 e. The fourth-order valence-corrected chi connectivity index (χ4v) is 2.54. The molecule has 0 radical (unpaired) electrons. The van der Waals surface area contributed by atoms with Crippen LogP contribution in [-0.2, 0) is 11.3 Å². The van der Waals surface area contributed by atoms with E-state index in [1.54, 1.807) is 16.2 Å². The molecular weight excluding hydrogens is 234 g/mol. The Morgan fingerprint density at radius 3 is 2.65 bits per heavy atom. The molecule has 1 rings (SSSR count). The van der Waals surface area contributed by atoms with Gasteiger partial charge >= 0.3 is 0 Å². The smallest absolute Gasteiger partial charge is 0.227 e. The Bertz CT molecular complexity index is 376. The summed E-state index contributed by atoms with van der Waals surface area (Å²) < 4.78 is 0. The Labute approximate surface area is 107 Å². The molecule has 0 spiro atoms. The standard InChI is InChI=1S/C12H21N3OS/c1-8(2)10(5-13)12(16)15(4)6-11-9(3)14-7-17-11/h7-8,10H,5-6,13H2,1-4H3. The van der Waals surface area contributed by atoms with Crippen molar-refractivity contribution in [2.24, 2.45) is 17.6 Å². The molecule has 4 nitrogen and oxygen atoms in total. The molecule has 2 N–H and O–H groups in total. The highest BCUT2D eigenvalue weighted by Crippen LogP contribution is 2.17. The van der Waals surface area contributed by atoms with Crippen molar-refractivity contribution in [2.45, 2.75) is 27.3 Å². The van der Waals surface area contributed by atoms with Gasteiger partial charge in [-0.05, 0) is 12.8 Å². The molecule has 1 aromatic rings. The van der Waals surface area contributed by atoms with Gasteiger partial charge < -0.3 is 10.6 Å². The fourth-order valence-electron chi connectivity index (χ4n) is 1.71. The van der Waals surface area contributed by atoms with Gasteiger partial charge in [0.05, 0.1) is 23.7 Å². The van der Waals surface area contributed by atoms with E-state index in [1.165, 1.54) is 0 Å². The second kappa shape index (κ2) is 6.12. The van der Waals surface area contributed by atoms with E-state index < -0.39 is 0 Å². The predicted molar refractivity (Wildman–Crippen MR) is 70.7 cm³/mol. The van der Waals surface area contributed by atoms with Crippen molar-refractivity contribution in [2.75, 3.05) is 13.6 Å². The Morgan fingerprint density at radius 1 is 1.59 bits per heavy atom. The summed E-state index contributed by atoms with van der Waals surface area (Å²) in [5, 5.41) is 0. The van der Waals surface area contributed by atoms with E-state index >= 15 is 0 Å². The van der Waals surface area contributed by atoms with E-state index in [1.807, 2.05) is 33.3 Å². The van der Waals surface area contributed by atoms with Crippen molar-refractivity contribution in [1.82, 2.24) is 9.88 Å². The highest BCUT2D eigenvalue weighted by molar-refractivity contribution is 7.09. The number of aromatic nitrogens is 1. The van der Waals surface area contributed by atoms with E-state index in [0.29, 0.717) is 13.1 Å².